The largest absolute Gasteiger partial charge is 0.489 e. The second-order valence-corrected chi connectivity index (χ2v) is 9.39. The van der Waals surface area contributed by atoms with E-state index in [0.29, 0.717) is 18.6 Å². The Morgan fingerprint density at radius 2 is 1.74 bits per heavy atom. The Labute approximate surface area is 207 Å². The average molecular weight is 468 g/mol. The number of nitrogens with zero attached hydrogens (tertiary/aromatic N) is 3. The number of pyridine rings is 1. The summed E-state index contributed by atoms with van der Waals surface area (Å²) in [6.07, 6.45) is 4.68. The highest BCUT2D eigenvalue weighted by Gasteiger charge is 2.27. The predicted octanol–water partition coefficient (Wildman–Crippen LogP) is 5.89. The van der Waals surface area contributed by atoms with Gasteiger partial charge in [0.2, 0.25) is 0 Å². The number of hydrogen-bond acceptors (Lipinski definition) is 5. The SMILES string of the molecule is CNCC1CCNc2c(-c3ccc(OCc4ccc(C(C)C)cc4)cc3)c(-c3ccncc3)nn21. The number of likely N-dealkylation sites (N-methyl/N-ethyl adjacent to an activating group) is 1. The monoisotopic (exact) mass is 467 g/mol. The Bertz CT molecular complexity index is 1250. The quantitative estimate of drug-likeness (QED) is 0.338. The molecular weight excluding hydrogens is 434 g/mol. The maximum Gasteiger partial charge on any atom is 0.133 e. The molecule has 6 nitrogen and oxygen atoms in total. The smallest absolute Gasteiger partial charge is 0.133 e. The normalized spacial score (nSPS) is 15.0. The van der Waals surface area contributed by atoms with E-state index >= 15 is 0 Å². The Hall–Kier alpha value is -3.64. The van der Waals surface area contributed by atoms with Crippen molar-refractivity contribution in [2.45, 2.75) is 38.8 Å². The standard InChI is InChI=1S/C29H33N5O/c1-20(2)22-6-4-21(5-7-22)19-35-26-10-8-23(9-11-26)27-28(24-12-15-31-16-13-24)33-34-25(18-30-3)14-17-32-29(27)34/h4-13,15-16,20,25,30,32H,14,17-19H2,1-3H3. The first-order chi connectivity index (χ1) is 17.1. The molecule has 0 radical (unpaired) electrons. The summed E-state index contributed by atoms with van der Waals surface area (Å²) in [5.74, 6) is 2.46. The molecule has 0 fully saturated rings. The van der Waals surface area contributed by atoms with E-state index in [0.717, 1.165) is 53.5 Å². The maximum atomic E-state index is 6.09. The molecule has 0 aliphatic carbocycles. The third kappa shape index (κ3) is 4.93. The molecule has 0 amide bonds. The first kappa shape index (κ1) is 23.1. The minimum atomic E-state index is 0.315. The van der Waals surface area contributed by atoms with Gasteiger partial charge in [0.05, 0.1) is 11.6 Å². The number of ether oxygens (including phenoxy) is 1. The molecule has 4 aromatic rings. The Morgan fingerprint density at radius 1 is 1.00 bits per heavy atom. The summed E-state index contributed by atoms with van der Waals surface area (Å²) >= 11 is 0. The number of rotatable bonds is 8. The van der Waals surface area contributed by atoms with Gasteiger partial charge in [-0.25, -0.2) is 4.68 Å². The zero-order valence-electron chi connectivity index (χ0n) is 20.7. The fourth-order valence-electron chi connectivity index (χ4n) is 4.64. The van der Waals surface area contributed by atoms with Crippen LogP contribution in [0.3, 0.4) is 0 Å². The van der Waals surface area contributed by atoms with Crippen molar-refractivity contribution in [2.24, 2.45) is 0 Å². The van der Waals surface area contributed by atoms with Crippen LogP contribution in [0.2, 0.25) is 0 Å². The van der Waals surface area contributed by atoms with Crippen LogP contribution >= 0.6 is 0 Å². The third-order valence-corrected chi connectivity index (χ3v) is 6.61. The maximum absolute atomic E-state index is 6.09. The number of aromatic nitrogens is 3. The van der Waals surface area contributed by atoms with E-state index in [1.807, 2.05) is 43.7 Å². The van der Waals surface area contributed by atoms with Gasteiger partial charge in [-0.3, -0.25) is 4.98 Å². The number of nitrogens with one attached hydrogen (secondary N) is 2. The molecule has 2 N–H and O–H groups in total. The van der Waals surface area contributed by atoms with Crippen LogP contribution in [0.5, 0.6) is 5.75 Å². The second kappa shape index (κ2) is 10.3. The molecule has 0 bridgehead atoms. The van der Waals surface area contributed by atoms with Crippen molar-refractivity contribution in [3.63, 3.8) is 0 Å². The highest BCUT2D eigenvalue weighted by Crippen LogP contribution is 2.41. The van der Waals surface area contributed by atoms with Gasteiger partial charge in [0.1, 0.15) is 23.9 Å². The molecule has 1 atom stereocenters. The lowest BCUT2D eigenvalue weighted by molar-refractivity contribution is 0.306. The highest BCUT2D eigenvalue weighted by molar-refractivity contribution is 5.89. The summed E-state index contributed by atoms with van der Waals surface area (Å²) in [6, 6.07) is 21.4. The predicted molar refractivity (Wildman–Crippen MR) is 142 cm³/mol. The number of anilines is 1. The molecule has 1 aliphatic rings. The van der Waals surface area contributed by atoms with Crippen molar-refractivity contribution in [2.75, 3.05) is 25.5 Å². The molecule has 6 heteroatoms. The molecule has 2 aromatic heterocycles. The van der Waals surface area contributed by atoms with Gasteiger partial charge >= 0.3 is 0 Å². The van der Waals surface area contributed by atoms with Crippen molar-refractivity contribution in [1.82, 2.24) is 20.1 Å². The van der Waals surface area contributed by atoms with Gasteiger partial charge in [-0.2, -0.15) is 5.10 Å². The molecule has 0 spiro atoms. The van der Waals surface area contributed by atoms with Gasteiger partial charge < -0.3 is 15.4 Å². The van der Waals surface area contributed by atoms with E-state index < -0.39 is 0 Å². The molecule has 5 rings (SSSR count). The minimum Gasteiger partial charge on any atom is -0.489 e. The van der Waals surface area contributed by atoms with Crippen LogP contribution in [0.25, 0.3) is 22.4 Å². The van der Waals surface area contributed by atoms with Crippen molar-refractivity contribution in [1.29, 1.82) is 0 Å². The van der Waals surface area contributed by atoms with Crippen LogP contribution < -0.4 is 15.4 Å². The van der Waals surface area contributed by atoms with Gasteiger partial charge in [-0.15, -0.1) is 0 Å². The lowest BCUT2D eigenvalue weighted by Gasteiger charge is -2.26. The molecule has 0 saturated heterocycles. The fourth-order valence-corrected chi connectivity index (χ4v) is 4.64. The van der Waals surface area contributed by atoms with E-state index in [9.17, 15) is 0 Å². The van der Waals surface area contributed by atoms with Gasteiger partial charge in [-0.05, 0) is 60.3 Å². The van der Waals surface area contributed by atoms with Crippen molar-refractivity contribution < 1.29 is 4.74 Å². The number of fused-ring (bicyclic) bond motifs is 1. The molecule has 35 heavy (non-hydrogen) atoms. The van der Waals surface area contributed by atoms with E-state index in [2.05, 4.69) is 70.5 Å². The lowest BCUT2D eigenvalue weighted by atomic mass is 10.0. The Morgan fingerprint density at radius 3 is 2.43 bits per heavy atom. The topological polar surface area (TPSA) is 64.0 Å². The van der Waals surface area contributed by atoms with Gasteiger partial charge in [0, 0.05) is 31.0 Å². The van der Waals surface area contributed by atoms with Crippen molar-refractivity contribution >= 4 is 5.82 Å². The van der Waals surface area contributed by atoms with Crippen LogP contribution in [0, 0.1) is 0 Å². The average Bonchev–Trinajstić information content (AvgIpc) is 3.29. The summed E-state index contributed by atoms with van der Waals surface area (Å²) in [4.78, 5) is 4.19. The first-order valence-electron chi connectivity index (χ1n) is 12.4. The zero-order valence-corrected chi connectivity index (χ0v) is 20.7. The summed E-state index contributed by atoms with van der Waals surface area (Å²) < 4.78 is 8.24. The Kier molecular flexibility index (Phi) is 6.82. The van der Waals surface area contributed by atoms with Crippen LogP contribution in [-0.2, 0) is 6.61 Å². The summed E-state index contributed by atoms with van der Waals surface area (Å²) in [6.45, 7) is 6.79. The Balaban J connectivity index is 1.42. The number of benzene rings is 2. The molecule has 0 saturated carbocycles. The second-order valence-electron chi connectivity index (χ2n) is 9.39. The summed E-state index contributed by atoms with van der Waals surface area (Å²) in [5.41, 5.74) is 6.78. The molecular formula is C29H33N5O. The van der Waals surface area contributed by atoms with Crippen LogP contribution in [0.15, 0.2) is 73.1 Å². The summed E-state index contributed by atoms with van der Waals surface area (Å²) in [5, 5.41) is 12.0. The molecule has 180 valence electrons. The van der Waals surface area contributed by atoms with Crippen LogP contribution in [0.4, 0.5) is 5.82 Å². The number of hydrogen-bond donors (Lipinski definition) is 2. The van der Waals surface area contributed by atoms with Gasteiger partial charge in [-0.1, -0.05) is 50.2 Å². The highest BCUT2D eigenvalue weighted by atomic mass is 16.5. The van der Waals surface area contributed by atoms with E-state index in [1.54, 1.807) is 0 Å². The minimum absolute atomic E-state index is 0.315. The van der Waals surface area contributed by atoms with Crippen LogP contribution in [0.1, 0.15) is 43.4 Å². The van der Waals surface area contributed by atoms with Crippen molar-refractivity contribution in [3.05, 3.63) is 84.2 Å². The van der Waals surface area contributed by atoms with E-state index in [-0.39, 0.29) is 0 Å². The molecule has 2 aromatic carbocycles. The lowest BCUT2D eigenvalue weighted by Crippen LogP contribution is -2.30. The van der Waals surface area contributed by atoms with Crippen LogP contribution in [-0.4, -0.2) is 34.9 Å². The van der Waals surface area contributed by atoms with Crippen molar-refractivity contribution in [3.8, 4) is 28.1 Å². The molecule has 1 aliphatic heterocycles. The first-order valence-corrected chi connectivity index (χ1v) is 12.4. The summed E-state index contributed by atoms with van der Waals surface area (Å²) in [7, 11) is 1.99. The van der Waals surface area contributed by atoms with E-state index in [4.69, 9.17) is 9.84 Å². The molecule has 3 heterocycles. The zero-order chi connectivity index (χ0) is 24.2. The fraction of sp³-hybridized carbons (Fsp3) is 0.310. The van der Waals surface area contributed by atoms with Gasteiger partial charge in [0.15, 0.2) is 0 Å². The van der Waals surface area contributed by atoms with Gasteiger partial charge in [0.25, 0.3) is 0 Å². The third-order valence-electron chi connectivity index (χ3n) is 6.61. The molecule has 1 unspecified atom stereocenters. The van der Waals surface area contributed by atoms with E-state index in [1.165, 1.54) is 11.1 Å².